The summed E-state index contributed by atoms with van der Waals surface area (Å²) >= 11 is 0. The average Bonchev–Trinajstić information content (AvgIpc) is 2.71. The molecule has 2 unspecified atom stereocenters. The van der Waals surface area contributed by atoms with Crippen molar-refractivity contribution in [3.8, 4) is 0 Å². The van der Waals surface area contributed by atoms with Gasteiger partial charge in [-0.1, -0.05) is 6.92 Å². The number of aromatic carboxylic acids is 1. The Morgan fingerprint density at radius 1 is 1.56 bits per heavy atom. The van der Waals surface area contributed by atoms with Gasteiger partial charge in [-0.15, -0.1) is 0 Å². The first kappa shape index (κ1) is 11.0. The van der Waals surface area contributed by atoms with E-state index in [1.165, 1.54) is 6.07 Å². The van der Waals surface area contributed by atoms with E-state index in [4.69, 9.17) is 9.52 Å². The first-order valence-electron chi connectivity index (χ1n) is 5.34. The number of carbonyl (C=O) groups is 1. The van der Waals surface area contributed by atoms with Gasteiger partial charge in [-0.3, -0.25) is 0 Å². The molecule has 5 heteroatoms. The lowest BCUT2D eigenvalue weighted by Crippen LogP contribution is -2.42. The van der Waals surface area contributed by atoms with Gasteiger partial charge in [0.1, 0.15) is 0 Å². The number of nitrogens with zero attached hydrogens (tertiary/aromatic N) is 1. The zero-order valence-corrected chi connectivity index (χ0v) is 9.09. The Kier molecular flexibility index (Phi) is 2.87. The van der Waals surface area contributed by atoms with Gasteiger partial charge in [-0.2, -0.15) is 0 Å². The Hall–Kier alpha value is -1.49. The number of carboxylic acids is 1. The molecule has 1 aliphatic heterocycles. The van der Waals surface area contributed by atoms with Gasteiger partial charge in [0.25, 0.3) is 0 Å². The van der Waals surface area contributed by atoms with Gasteiger partial charge in [0.05, 0.1) is 6.10 Å². The number of β-amino-alcohol motifs (C(OH)–C–C–N with tert-alkyl or cyclic N) is 1. The maximum absolute atomic E-state index is 10.7. The SMILES string of the molecule is CC1CCN(c2ccc(C(=O)O)o2)CC1O. The first-order valence-corrected chi connectivity index (χ1v) is 5.34. The van der Waals surface area contributed by atoms with Gasteiger partial charge in [0.2, 0.25) is 5.76 Å². The van der Waals surface area contributed by atoms with Gasteiger partial charge in [-0.05, 0) is 18.4 Å². The van der Waals surface area contributed by atoms with Gasteiger partial charge < -0.3 is 19.5 Å². The normalized spacial score (nSPS) is 25.8. The third-order valence-corrected chi connectivity index (χ3v) is 3.03. The zero-order chi connectivity index (χ0) is 11.7. The molecule has 2 atom stereocenters. The summed E-state index contributed by atoms with van der Waals surface area (Å²) in [6.07, 6.45) is 0.497. The summed E-state index contributed by atoms with van der Waals surface area (Å²) in [6, 6.07) is 3.06. The number of anilines is 1. The molecule has 0 saturated carbocycles. The third-order valence-electron chi connectivity index (χ3n) is 3.03. The van der Waals surface area contributed by atoms with Gasteiger partial charge in [-0.25, -0.2) is 4.79 Å². The molecule has 88 valence electrons. The lowest BCUT2D eigenvalue weighted by Gasteiger charge is -2.33. The lowest BCUT2D eigenvalue weighted by atomic mass is 9.96. The summed E-state index contributed by atoms with van der Waals surface area (Å²) < 4.78 is 5.18. The number of aliphatic hydroxyl groups is 1. The second-order valence-electron chi connectivity index (χ2n) is 4.22. The molecule has 5 nitrogen and oxygen atoms in total. The van der Waals surface area contributed by atoms with E-state index in [2.05, 4.69) is 0 Å². The summed E-state index contributed by atoms with van der Waals surface area (Å²) in [4.78, 5) is 12.5. The van der Waals surface area contributed by atoms with E-state index in [1.54, 1.807) is 6.07 Å². The number of rotatable bonds is 2. The van der Waals surface area contributed by atoms with Gasteiger partial charge in [0.15, 0.2) is 5.88 Å². The quantitative estimate of drug-likeness (QED) is 0.790. The minimum Gasteiger partial charge on any atom is -0.475 e. The fraction of sp³-hybridized carbons (Fsp3) is 0.545. The van der Waals surface area contributed by atoms with Crippen LogP contribution in [0.3, 0.4) is 0 Å². The van der Waals surface area contributed by atoms with Crippen molar-refractivity contribution < 1.29 is 19.4 Å². The smallest absolute Gasteiger partial charge is 0.371 e. The van der Waals surface area contributed by atoms with Crippen LogP contribution in [0.15, 0.2) is 16.5 Å². The van der Waals surface area contributed by atoms with Crippen molar-refractivity contribution in [1.82, 2.24) is 0 Å². The lowest BCUT2D eigenvalue weighted by molar-refractivity contribution is 0.0662. The van der Waals surface area contributed by atoms with E-state index < -0.39 is 5.97 Å². The van der Waals surface area contributed by atoms with Crippen LogP contribution in [0.4, 0.5) is 5.88 Å². The van der Waals surface area contributed by atoms with E-state index in [0.717, 1.165) is 13.0 Å². The van der Waals surface area contributed by atoms with E-state index in [0.29, 0.717) is 12.4 Å². The van der Waals surface area contributed by atoms with Crippen molar-refractivity contribution in [3.05, 3.63) is 17.9 Å². The summed E-state index contributed by atoms with van der Waals surface area (Å²) in [7, 11) is 0. The molecule has 2 heterocycles. The van der Waals surface area contributed by atoms with Crippen molar-refractivity contribution >= 4 is 11.9 Å². The average molecular weight is 225 g/mol. The molecule has 16 heavy (non-hydrogen) atoms. The number of hydrogen-bond acceptors (Lipinski definition) is 4. The molecule has 0 amide bonds. The monoisotopic (exact) mass is 225 g/mol. The molecule has 0 radical (unpaired) electrons. The summed E-state index contributed by atoms with van der Waals surface area (Å²) in [5.74, 6) is -0.339. The Balaban J connectivity index is 2.09. The Morgan fingerprint density at radius 2 is 2.31 bits per heavy atom. The van der Waals surface area contributed by atoms with Gasteiger partial charge in [0, 0.05) is 19.2 Å². The number of carboxylic acid groups (broad SMARTS) is 1. The minimum absolute atomic E-state index is 0.0666. The Labute approximate surface area is 93.3 Å². The summed E-state index contributed by atoms with van der Waals surface area (Å²) in [5.41, 5.74) is 0. The molecule has 1 saturated heterocycles. The van der Waals surface area contributed by atoms with Crippen molar-refractivity contribution in [2.24, 2.45) is 5.92 Å². The highest BCUT2D eigenvalue weighted by Gasteiger charge is 2.26. The van der Waals surface area contributed by atoms with E-state index in [1.807, 2.05) is 11.8 Å². The molecule has 0 spiro atoms. The summed E-state index contributed by atoms with van der Waals surface area (Å²) in [6.45, 7) is 3.28. The molecule has 1 aromatic rings. The van der Waals surface area contributed by atoms with E-state index in [9.17, 15) is 9.90 Å². The van der Waals surface area contributed by atoms with Crippen LogP contribution in [0, 0.1) is 5.92 Å². The second-order valence-corrected chi connectivity index (χ2v) is 4.22. The summed E-state index contributed by atoms with van der Waals surface area (Å²) in [5, 5.41) is 18.5. The molecule has 0 bridgehead atoms. The largest absolute Gasteiger partial charge is 0.475 e. The molecule has 1 aromatic heterocycles. The van der Waals surface area contributed by atoms with Crippen LogP contribution in [0.1, 0.15) is 23.9 Å². The predicted molar refractivity (Wildman–Crippen MR) is 57.7 cm³/mol. The Morgan fingerprint density at radius 3 is 2.88 bits per heavy atom. The van der Waals surface area contributed by atoms with Crippen LogP contribution in [0.2, 0.25) is 0 Å². The zero-order valence-electron chi connectivity index (χ0n) is 9.09. The highest BCUT2D eigenvalue weighted by molar-refractivity contribution is 5.84. The standard InChI is InChI=1S/C11H15NO4/c1-7-4-5-12(6-8(7)13)10-3-2-9(16-10)11(14)15/h2-3,7-8,13H,4-6H2,1H3,(H,14,15). The van der Waals surface area contributed by atoms with E-state index >= 15 is 0 Å². The molecule has 0 aromatic carbocycles. The number of piperidine rings is 1. The second kappa shape index (κ2) is 4.17. The molecule has 0 aliphatic carbocycles. The number of aliphatic hydroxyl groups excluding tert-OH is 1. The fourth-order valence-corrected chi connectivity index (χ4v) is 1.86. The molecular formula is C11H15NO4. The topological polar surface area (TPSA) is 73.9 Å². The van der Waals surface area contributed by atoms with Crippen LogP contribution in [0.25, 0.3) is 0 Å². The van der Waals surface area contributed by atoms with Crippen molar-refractivity contribution in [1.29, 1.82) is 0 Å². The Bertz CT molecular complexity index is 387. The first-order chi connectivity index (χ1) is 7.58. The predicted octanol–water partition coefficient (Wildman–Crippen LogP) is 1.18. The van der Waals surface area contributed by atoms with Crippen molar-refractivity contribution in [2.45, 2.75) is 19.4 Å². The maximum Gasteiger partial charge on any atom is 0.371 e. The van der Waals surface area contributed by atoms with Gasteiger partial charge >= 0.3 is 5.97 Å². The molecule has 2 N–H and O–H groups in total. The van der Waals surface area contributed by atoms with Crippen LogP contribution in [-0.4, -0.2) is 35.4 Å². The molecule has 1 fully saturated rings. The van der Waals surface area contributed by atoms with Crippen LogP contribution in [-0.2, 0) is 0 Å². The third kappa shape index (κ3) is 2.04. The van der Waals surface area contributed by atoms with Crippen LogP contribution < -0.4 is 4.90 Å². The number of hydrogen-bond donors (Lipinski definition) is 2. The van der Waals surface area contributed by atoms with Crippen LogP contribution in [0.5, 0.6) is 0 Å². The fourth-order valence-electron chi connectivity index (χ4n) is 1.86. The van der Waals surface area contributed by atoms with Crippen LogP contribution >= 0.6 is 0 Å². The van der Waals surface area contributed by atoms with Crippen molar-refractivity contribution in [3.63, 3.8) is 0 Å². The molecule has 1 aliphatic rings. The van der Waals surface area contributed by atoms with Crippen molar-refractivity contribution in [2.75, 3.05) is 18.0 Å². The molecular weight excluding hydrogens is 210 g/mol. The highest BCUT2D eigenvalue weighted by atomic mass is 16.4. The van der Waals surface area contributed by atoms with E-state index in [-0.39, 0.29) is 17.8 Å². The highest BCUT2D eigenvalue weighted by Crippen LogP contribution is 2.25. The number of furan rings is 1. The minimum atomic E-state index is -1.07. The molecule has 2 rings (SSSR count). The maximum atomic E-state index is 10.7.